The van der Waals surface area contributed by atoms with Gasteiger partial charge in [-0.05, 0) is 50.1 Å². The van der Waals surface area contributed by atoms with Crippen molar-refractivity contribution in [3.8, 4) is 0 Å². The van der Waals surface area contributed by atoms with E-state index in [1.165, 1.54) is 12.8 Å². The fourth-order valence-corrected chi connectivity index (χ4v) is 3.27. The lowest BCUT2D eigenvalue weighted by Crippen LogP contribution is -2.37. The Bertz CT molecular complexity index is 311. The molecule has 1 N–H and O–H groups in total. The second-order valence-electron chi connectivity index (χ2n) is 5.67. The van der Waals surface area contributed by atoms with Crippen LogP contribution in [0, 0.1) is 17.8 Å². The van der Waals surface area contributed by atoms with E-state index < -0.39 is 9.84 Å². The lowest BCUT2D eigenvalue weighted by molar-refractivity contribution is 0.166. The minimum absolute atomic E-state index is 0.288. The number of hydrogen-bond donors (Lipinski definition) is 1. The van der Waals surface area contributed by atoms with Crippen molar-refractivity contribution in [3.05, 3.63) is 0 Å². The molecule has 17 heavy (non-hydrogen) atoms. The monoisotopic (exact) mass is 261 g/mol. The average Bonchev–Trinajstić information content (AvgIpc) is 2.22. The van der Waals surface area contributed by atoms with E-state index >= 15 is 0 Å². The highest BCUT2D eigenvalue weighted by atomic mass is 32.2. The Kier molecular flexibility index (Phi) is 5.93. The first-order valence-electron chi connectivity index (χ1n) is 6.85. The van der Waals surface area contributed by atoms with Gasteiger partial charge in [0, 0.05) is 5.75 Å². The summed E-state index contributed by atoms with van der Waals surface area (Å²) < 4.78 is 22.9. The van der Waals surface area contributed by atoms with Crippen LogP contribution in [0.15, 0.2) is 0 Å². The number of rotatable bonds is 8. The molecule has 0 bridgehead atoms. The first-order valence-corrected chi connectivity index (χ1v) is 8.68. The molecule has 0 radical (unpaired) electrons. The molecule has 0 amide bonds. The largest absolute Gasteiger partial charge is 0.316 e. The van der Waals surface area contributed by atoms with Crippen molar-refractivity contribution in [1.29, 1.82) is 0 Å². The van der Waals surface area contributed by atoms with Gasteiger partial charge in [-0.15, -0.1) is 0 Å². The lowest BCUT2D eigenvalue weighted by atomic mass is 9.72. The maximum Gasteiger partial charge on any atom is 0.150 e. The molecule has 0 spiro atoms. The summed E-state index contributed by atoms with van der Waals surface area (Å²) in [6, 6.07) is 0. The first-order chi connectivity index (χ1) is 7.94. The van der Waals surface area contributed by atoms with Crippen LogP contribution in [0.2, 0.25) is 0 Å². The standard InChI is InChI=1S/C13H27NO2S/c1-4-17(15,16)8-7-12-5-6-13(12)10-14-9-11(2)3/h11-14H,4-10H2,1-3H3. The van der Waals surface area contributed by atoms with Crippen LogP contribution in [0.4, 0.5) is 0 Å². The summed E-state index contributed by atoms with van der Waals surface area (Å²) in [7, 11) is -2.77. The molecule has 4 heteroatoms. The molecule has 3 nitrogen and oxygen atoms in total. The quantitative estimate of drug-likeness (QED) is 0.727. The normalized spacial score (nSPS) is 24.9. The molecule has 0 aromatic heterocycles. The van der Waals surface area contributed by atoms with E-state index in [1.807, 2.05) is 0 Å². The zero-order valence-electron chi connectivity index (χ0n) is 11.4. The molecule has 0 aliphatic heterocycles. The maximum absolute atomic E-state index is 11.4. The second kappa shape index (κ2) is 6.74. The van der Waals surface area contributed by atoms with Crippen LogP contribution in [0.3, 0.4) is 0 Å². The Hall–Kier alpha value is -0.0900. The van der Waals surface area contributed by atoms with Crippen molar-refractivity contribution in [1.82, 2.24) is 5.32 Å². The van der Waals surface area contributed by atoms with Crippen molar-refractivity contribution >= 4 is 9.84 Å². The molecular weight excluding hydrogens is 234 g/mol. The molecule has 1 saturated carbocycles. The van der Waals surface area contributed by atoms with Crippen molar-refractivity contribution in [2.24, 2.45) is 17.8 Å². The Morgan fingerprint density at radius 1 is 1.24 bits per heavy atom. The number of sulfone groups is 1. The predicted molar refractivity (Wildman–Crippen MR) is 72.9 cm³/mol. The van der Waals surface area contributed by atoms with Crippen molar-refractivity contribution in [2.75, 3.05) is 24.6 Å². The van der Waals surface area contributed by atoms with Crippen molar-refractivity contribution in [2.45, 2.75) is 40.0 Å². The maximum atomic E-state index is 11.4. The van der Waals surface area contributed by atoms with Gasteiger partial charge in [-0.1, -0.05) is 20.8 Å². The van der Waals surface area contributed by atoms with Crippen LogP contribution in [0.5, 0.6) is 0 Å². The molecule has 1 aliphatic carbocycles. The summed E-state index contributed by atoms with van der Waals surface area (Å²) in [6.07, 6.45) is 3.35. The third kappa shape index (κ3) is 5.38. The Balaban J connectivity index is 2.18. The Labute approximate surface area is 106 Å². The Morgan fingerprint density at radius 3 is 2.35 bits per heavy atom. The van der Waals surface area contributed by atoms with Crippen LogP contribution in [-0.4, -0.2) is 33.0 Å². The van der Waals surface area contributed by atoms with Gasteiger partial charge in [0.15, 0.2) is 0 Å². The summed E-state index contributed by atoms with van der Waals surface area (Å²) >= 11 is 0. The third-order valence-electron chi connectivity index (χ3n) is 3.77. The van der Waals surface area contributed by atoms with E-state index in [1.54, 1.807) is 6.92 Å². The SMILES string of the molecule is CCS(=O)(=O)CCC1CCC1CNCC(C)C. The summed E-state index contributed by atoms with van der Waals surface area (Å²) in [5, 5.41) is 3.48. The molecule has 2 atom stereocenters. The zero-order chi connectivity index (χ0) is 12.9. The van der Waals surface area contributed by atoms with Gasteiger partial charge in [-0.2, -0.15) is 0 Å². The summed E-state index contributed by atoms with van der Waals surface area (Å²) in [5.41, 5.74) is 0. The highest BCUT2D eigenvalue weighted by Gasteiger charge is 2.30. The van der Waals surface area contributed by atoms with Crippen LogP contribution in [-0.2, 0) is 9.84 Å². The molecule has 1 rings (SSSR count). The number of nitrogens with one attached hydrogen (secondary N) is 1. The molecule has 0 saturated heterocycles. The van der Waals surface area contributed by atoms with E-state index in [4.69, 9.17) is 0 Å². The van der Waals surface area contributed by atoms with Gasteiger partial charge in [0.2, 0.25) is 0 Å². The van der Waals surface area contributed by atoms with Crippen LogP contribution < -0.4 is 5.32 Å². The van der Waals surface area contributed by atoms with Gasteiger partial charge in [0.25, 0.3) is 0 Å². The van der Waals surface area contributed by atoms with Gasteiger partial charge in [-0.25, -0.2) is 8.42 Å². The van der Waals surface area contributed by atoms with E-state index in [-0.39, 0.29) is 5.75 Å². The second-order valence-corrected chi connectivity index (χ2v) is 8.15. The molecule has 1 fully saturated rings. The summed E-state index contributed by atoms with van der Waals surface area (Å²) in [6.45, 7) is 8.28. The highest BCUT2D eigenvalue weighted by Crippen LogP contribution is 2.36. The minimum Gasteiger partial charge on any atom is -0.316 e. The average molecular weight is 261 g/mol. The third-order valence-corrected chi connectivity index (χ3v) is 5.51. The predicted octanol–water partition coefficient (Wildman–Crippen LogP) is 2.08. The van der Waals surface area contributed by atoms with Gasteiger partial charge in [0.1, 0.15) is 9.84 Å². The lowest BCUT2D eigenvalue weighted by Gasteiger charge is -2.37. The van der Waals surface area contributed by atoms with Crippen LogP contribution in [0.1, 0.15) is 40.0 Å². The van der Waals surface area contributed by atoms with Gasteiger partial charge in [-0.3, -0.25) is 0 Å². The minimum atomic E-state index is -2.77. The zero-order valence-corrected chi connectivity index (χ0v) is 12.2. The first kappa shape index (κ1) is 15.0. The molecule has 0 heterocycles. The fourth-order valence-electron chi connectivity index (χ4n) is 2.32. The van der Waals surface area contributed by atoms with Gasteiger partial charge in [0.05, 0.1) is 5.75 Å². The smallest absolute Gasteiger partial charge is 0.150 e. The van der Waals surface area contributed by atoms with Crippen LogP contribution >= 0.6 is 0 Å². The molecular formula is C13H27NO2S. The summed E-state index contributed by atoms with van der Waals surface area (Å²) in [5.74, 6) is 2.70. The van der Waals surface area contributed by atoms with Crippen LogP contribution in [0.25, 0.3) is 0 Å². The molecule has 0 aromatic carbocycles. The van der Waals surface area contributed by atoms with Crippen molar-refractivity contribution < 1.29 is 8.42 Å². The van der Waals surface area contributed by atoms with Crippen molar-refractivity contribution in [3.63, 3.8) is 0 Å². The number of hydrogen-bond acceptors (Lipinski definition) is 3. The van der Waals surface area contributed by atoms with Gasteiger partial charge < -0.3 is 5.32 Å². The van der Waals surface area contributed by atoms with E-state index in [0.29, 0.717) is 23.5 Å². The fraction of sp³-hybridized carbons (Fsp3) is 1.00. The Morgan fingerprint density at radius 2 is 1.88 bits per heavy atom. The topological polar surface area (TPSA) is 46.2 Å². The molecule has 1 aliphatic rings. The van der Waals surface area contributed by atoms with E-state index in [0.717, 1.165) is 19.5 Å². The van der Waals surface area contributed by atoms with E-state index in [2.05, 4.69) is 19.2 Å². The highest BCUT2D eigenvalue weighted by molar-refractivity contribution is 7.91. The summed E-state index contributed by atoms with van der Waals surface area (Å²) in [4.78, 5) is 0. The molecule has 0 aromatic rings. The van der Waals surface area contributed by atoms with Gasteiger partial charge >= 0.3 is 0 Å². The molecule has 2 unspecified atom stereocenters. The molecule has 102 valence electrons. The van der Waals surface area contributed by atoms with E-state index in [9.17, 15) is 8.42 Å².